The number of hydrogen-bond acceptors (Lipinski definition) is 4. The van der Waals surface area contributed by atoms with Gasteiger partial charge in [-0.2, -0.15) is 0 Å². The molecule has 0 aromatic heterocycles. The Kier molecular flexibility index (Phi) is 4.26. The number of carbonyl (C=O) groups excluding carboxylic acids is 1. The molecule has 0 saturated heterocycles. The summed E-state index contributed by atoms with van der Waals surface area (Å²) in [6.07, 6.45) is 0. The molecule has 4 heteroatoms. The van der Waals surface area contributed by atoms with Gasteiger partial charge < -0.3 is 15.6 Å². The summed E-state index contributed by atoms with van der Waals surface area (Å²) in [5.41, 5.74) is 6.92. The average molecular weight is 237 g/mol. The van der Waals surface area contributed by atoms with E-state index in [1.165, 1.54) is 7.11 Å². The highest BCUT2D eigenvalue weighted by atomic mass is 16.5. The maximum Gasteiger partial charge on any atom is 0.337 e. The van der Waals surface area contributed by atoms with E-state index >= 15 is 0 Å². The van der Waals surface area contributed by atoms with Crippen LogP contribution in [0.4, 0.5) is 0 Å². The minimum atomic E-state index is -0.436. The van der Waals surface area contributed by atoms with Crippen molar-refractivity contribution < 1.29 is 14.6 Å². The molecule has 0 spiro atoms. The van der Waals surface area contributed by atoms with Crippen LogP contribution in [0.25, 0.3) is 0 Å². The predicted molar refractivity (Wildman–Crippen MR) is 65.6 cm³/mol. The van der Waals surface area contributed by atoms with E-state index in [0.29, 0.717) is 5.56 Å². The first-order valence-corrected chi connectivity index (χ1v) is 5.47. The third-order valence-electron chi connectivity index (χ3n) is 2.92. The van der Waals surface area contributed by atoms with Crippen LogP contribution in [-0.4, -0.2) is 24.8 Å². The van der Waals surface area contributed by atoms with Crippen LogP contribution in [0.5, 0.6) is 0 Å². The van der Waals surface area contributed by atoms with E-state index in [-0.39, 0.29) is 18.6 Å². The molecular formula is C13H19NO3. The molecule has 0 fully saturated rings. The third kappa shape index (κ3) is 3.05. The number of ether oxygens (including phenoxy) is 1. The average Bonchev–Trinajstić information content (AvgIpc) is 2.36. The molecular weight excluding hydrogens is 218 g/mol. The van der Waals surface area contributed by atoms with Gasteiger partial charge in [0.1, 0.15) is 0 Å². The topological polar surface area (TPSA) is 72.5 Å². The number of aliphatic hydroxyl groups is 1. The first-order chi connectivity index (χ1) is 7.92. The second-order valence-electron chi connectivity index (χ2n) is 4.74. The van der Waals surface area contributed by atoms with Crippen LogP contribution >= 0.6 is 0 Å². The van der Waals surface area contributed by atoms with E-state index < -0.39 is 5.41 Å². The number of carbonyl (C=O) groups is 1. The van der Waals surface area contributed by atoms with Crippen molar-refractivity contribution in [2.45, 2.75) is 19.9 Å². The second kappa shape index (κ2) is 5.29. The minimum Gasteiger partial charge on any atom is -0.465 e. The highest BCUT2D eigenvalue weighted by molar-refractivity contribution is 5.89. The van der Waals surface area contributed by atoms with Crippen molar-refractivity contribution in [2.75, 3.05) is 13.7 Å². The summed E-state index contributed by atoms with van der Waals surface area (Å²) in [6.45, 7) is 3.74. The summed E-state index contributed by atoms with van der Waals surface area (Å²) in [7, 11) is 1.34. The van der Waals surface area contributed by atoms with Gasteiger partial charge in [-0.25, -0.2) is 4.79 Å². The molecule has 0 bridgehead atoms. The van der Waals surface area contributed by atoms with Crippen LogP contribution in [-0.2, 0) is 4.74 Å². The van der Waals surface area contributed by atoms with E-state index in [1.807, 2.05) is 19.9 Å². The van der Waals surface area contributed by atoms with Crippen molar-refractivity contribution in [3.05, 3.63) is 35.4 Å². The summed E-state index contributed by atoms with van der Waals surface area (Å²) in [5.74, 6) is -0.388. The van der Waals surface area contributed by atoms with Gasteiger partial charge in [0.15, 0.2) is 0 Å². The van der Waals surface area contributed by atoms with Gasteiger partial charge in [-0.1, -0.05) is 26.0 Å². The molecule has 94 valence electrons. The zero-order valence-corrected chi connectivity index (χ0v) is 10.4. The lowest BCUT2D eigenvalue weighted by atomic mass is 9.81. The lowest BCUT2D eigenvalue weighted by Crippen LogP contribution is -2.32. The molecule has 0 unspecified atom stereocenters. The van der Waals surface area contributed by atoms with Crippen LogP contribution in [0.2, 0.25) is 0 Å². The molecule has 3 N–H and O–H groups in total. The first-order valence-electron chi connectivity index (χ1n) is 5.47. The maximum absolute atomic E-state index is 11.4. The molecule has 0 aliphatic heterocycles. The molecule has 0 heterocycles. The fourth-order valence-corrected chi connectivity index (χ4v) is 1.53. The van der Waals surface area contributed by atoms with Crippen molar-refractivity contribution in [1.82, 2.24) is 0 Å². The van der Waals surface area contributed by atoms with Gasteiger partial charge in [0.25, 0.3) is 0 Å². The van der Waals surface area contributed by atoms with Gasteiger partial charge in [0, 0.05) is 18.1 Å². The Hall–Kier alpha value is -1.39. The van der Waals surface area contributed by atoms with Gasteiger partial charge in [-0.15, -0.1) is 0 Å². The lowest BCUT2D eigenvalue weighted by molar-refractivity contribution is 0.0600. The van der Waals surface area contributed by atoms with Crippen molar-refractivity contribution in [3.8, 4) is 0 Å². The quantitative estimate of drug-likeness (QED) is 0.778. The number of aliphatic hydroxyl groups excluding tert-OH is 1. The monoisotopic (exact) mass is 237 g/mol. The first kappa shape index (κ1) is 13.7. The van der Waals surface area contributed by atoms with Crippen molar-refractivity contribution in [2.24, 2.45) is 11.1 Å². The number of hydrogen-bond donors (Lipinski definition) is 2. The number of esters is 1. The van der Waals surface area contributed by atoms with E-state index in [0.717, 1.165) is 5.56 Å². The molecule has 0 radical (unpaired) electrons. The predicted octanol–water partition coefficient (Wildman–Crippen LogP) is 1.49. The van der Waals surface area contributed by atoms with Crippen LogP contribution in [0, 0.1) is 5.41 Å². The molecule has 1 rings (SSSR count). The lowest BCUT2D eigenvalue weighted by Gasteiger charge is -2.29. The highest BCUT2D eigenvalue weighted by Crippen LogP contribution is 2.30. The number of rotatable bonds is 4. The summed E-state index contributed by atoms with van der Waals surface area (Å²) < 4.78 is 4.65. The van der Waals surface area contributed by atoms with Gasteiger partial charge >= 0.3 is 5.97 Å². The van der Waals surface area contributed by atoms with Crippen LogP contribution in [0.3, 0.4) is 0 Å². The van der Waals surface area contributed by atoms with Crippen molar-refractivity contribution >= 4 is 5.97 Å². The molecule has 0 aliphatic carbocycles. The largest absolute Gasteiger partial charge is 0.465 e. The van der Waals surface area contributed by atoms with E-state index in [4.69, 9.17) is 5.73 Å². The molecule has 1 aromatic rings. The van der Waals surface area contributed by atoms with E-state index in [9.17, 15) is 9.90 Å². The third-order valence-corrected chi connectivity index (χ3v) is 2.92. The van der Waals surface area contributed by atoms with Gasteiger partial charge in [0.05, 0.1) is 12.7 Å². The second-order valence-corrected chi connectivity index (χ2v) is 4.74. The number of nitrogens with two attached hydrogens (primary N) is 1. The molecule has 1 aromatic carbocycles. The number of benzene rings is 1. The summed E-state index contributed by atoms with van der Waals surface area (Å²) in [4.78, 5) is 11.4. The fourth-order valence-electron chi connectivity index (χ4n) is 1.53. The Morgan fingerprint density at radius 3 is 2.71 bits per heavy atom. The van der Waals surface area contributed by atoms with Crippen LogP contribution in [0.15, 0.2) is 24.3 Å². The Morgan fingerprint density at radius 2 is 2.18 bits per heavy atom. The Balaban J connectivity index is 3.03. The summed E-state index contributed by atoms with van der Waals surface area (Å²) in [6, 6.07) is 6.64. The summed E-state index contributed by atoms with van der Waals surface area (Å²) in [5, 5.41) is 9.28. The van der Waals surface area contributed by atoms with E-state index in [2.05, 4.69) is 4.74 Å². The molecule has 4 nitrogen and oxygen atoms in total. The Labute approximate surface area is 101 Å². The highest BCUT2D eigenvalue weighted by Gasteiger charge is 2.27. The smallest absolute Gasteiger partial charge is 0.337 e. The molecule has 0 saturated carbocycles. The molecule has 17 heavy (non-hydrogen) atoms. The Bertz CT molecular complexity index is 401. The van der Waals surface area contributed by atoms with Gasteiger partial charge in [-0.05, 0) is 17.7 Å². The minimum absolute atomic E-state index is 0.0172. The molecule has 0 aliphatic rings. The zero-order valence-electron chi connectivity index (χ0n) is 10.4. The Morgan fingerprint density at radius 1 is 1.53 bits per heavy atom. The maximum atomic E-state index is 11.4. The van der Waals surface area contributed by atoms with Crippen LogP contribution in [0.1, 0.15) is 35.8 Å². The standard InChI is InChI=1S/C13H19NO3/c1-13(2,8-15)11(14)9-5-4-6-10(7-9)12(16)17-3/h4-7,11,15H,8,14H2,1-3H3/t11-/m0/s1. The van der Waals surface area contributed by atoms with E-state index in [1.54, 1.807) is 18.2 Å². The fraction of sp³-hybridized carbons (Fsp3) is 0.462. The normalized spacial score (nSPS) is 13.2. The summed E-state index contributed by atoms with van der Waals surface area (Å²) >= 11 is 0. The van der Waals surface area contributed by atoms with Crippen molar-refractivity contribution in [1.29, 1.82) is 0 Å². The van der Waals surface area contributed by atoms with Crippen LogP contribution < -0.4 is 5.73 Å². The molecule has 1 atom stereocenters. The van der Waals surface area contributed by atoms with Gasteiger partial charge in [0.2, 0.25) is 0 Å². The zero-order chi connectivity index (χ0) is 13.1. The number of methoxy groups -OCH3 is 1. The SMILES string of the molecule is COC(=O)c1cccc([C@H](N)C(C)(C)CO)c1. The molecule has 0 amide bonds. The van der Waals surface area contributed by atoms with Gasteiger partial charge in [-0.3, -0.25) is 0 Å². The van der Waals surface area contributed by atoms with Crippen molar-refractivity contribution in [3.63, 3.8) is 0 Å².